The Morgan fingerprint density at radius 1 is 1.33 bits per heavy atom. The second-order valence-corrected chi connectivity index (χ2v) is 6.84. The van der Waals surface area contributed by atoms with Crippen LogP contribution in [0.4, 0.5) is 0 Å². The number of carboxylic acids is 1. The molecule has 1 unspecified atom stereocenters. The van der Waals surface area contributed by atoms with Crippen molar-refractivity contribution in [3.05, 3.63) is 35.9 Å². The van der Waals surface area contributed by atoms with Crippen molar-refractivity contribution in [1.82, 2.24) is 4.72 Å². The number of carboxylic acid groups (broad SMARTS) is 1. The van der Waals surface area contributed by atoms with E-state index in [0.717, 1.165) is 5.56 Å². The maximum atomic E-state index is 12.0. The van der Waals surface area contributed by atoms with Crippen LogP contribution in [0.15, 0.2) is 30.3 Å². The molecule has 0 heterocycles. The summed E-state index contributed by atoms with van der Waals surface area (Å²) in [6, 6.07) is 7.73. The number of hydrogen-bond donors (Lipinski definition) is 2. The first-order valence-electron chi connectivity index (χ1n) is 6.59. The molecule has 0 spiro atoms. The molecule has 0 bridgehead atoms. The van der Waals surface area contributed by atoms with Crippen molar-refractivity contribution in [2.24, 2.45) is 5.92 Å². The normalized spacial score (nSPS) is 14.6. The van der Waals surface area contributed by atoms with Crippen molar-refractivity contribution >= 4 is 16.0 Å². The largest absolute Gasteiger partial charge is 0.480 e. The Morgan fingerprint density at radius 3 is 2.48 bits per heavy atom. The Bertz CT molecular complexity index is 544. The van der Waals surface area contributed by atoms with E-state index in [1.165, 1.54) is 7.11 Å². The predicted octanol–water partition coefficient (Wildman–Crippen LogP) is 0.884. The monoisotopic (exact) mass is 315 g/mol. The third kappa shape index (κ3) is 6.70. The molecular formula is C14H21NO5S. The fourth-order valence-corrected chi connectivity index (χ4v) is 3.56. The SMILES string of the molecule is COCC(C)CS(=O)(=O)N[C@@H](Cc1ccccc1)C(=O)O. The lowest BCUT2D eigenvalue weighted by Crippen LogP contribution is -2.44. The lowest BCUT2D eigenvalue weighted by Gasteiger charge is -2.17. The quantitative estimate of drug-likeness (QED) is 0.706. The van der Waals surface area contributed by atoms with Crippen LogP contribution in [0.5, 0.6) is 0 Å². The average Bonchev–Trinajstić information content (AvgIpc) is 2.38. The highest BCUT2D eigenvalue weighted by molar-refractivity contribution is 7.89. The maximum absolute atomic E-state index is 12.0. The van der Waals surface area contributed by atoms with Crippen molar-refractivity contribution in [2.45, 2.75) is 19.4 Å². The highest BCUT2D eigenvalue weighted by atomic mass is 32.2. The van der Waals surface area contributed by atoms with Crippen LogP contribution in [0.2, 0.25) is 0 Å². The third-order valence-electron chi connectivity index (χ3n) is 2.86. The molecule has 2 atom stereocenters. The van der Waals surface area contributed by atoms with Crippen LogP contribution in [-0.4, -0.2) is 45.0 Å². The fraction of sp³-hybridized carbons (Fsp3) is 0.500. The van der Waals surface area contributed by atoms with Crippen LogP contribution in [0.3, 0.4) is 0 Å². The molecular weight excluding hydrogens is 294 g/mol. The number of nitrogens with one attached hydrogen (secondary N) is 1. The summed E-state index contributed by atoms with van der Waals surface area (Å²) in [6.45, 7) is 2.03. The Kier molecular flexibility index (Phi) is 6.80. The van der Waals surface area contributed by atoms with Gasteiger partial charge < -0.3 is 9.84 Å². The molecule has 1 aromatic rings. The van der Waals surface area contributed by atoms with Crippen LogP contribution >= 0.6 is 0 Å². The van der Waals surface area contributed by atoms with Crippen molar-refractivity contribution < 1.29 is 23.1 Å². The summed E-state index contributed by atoms with van der Waals surface area (Å²) in [6.07, 6.45) is 0.105. The summed E-state index contributed by atoms with van der Waals surface area (Å²) in [7, 11) is -2.19. The highest BCUT2D eigenvalue weighted by Gasteiger charge is 2.25. The van der Waals surface area contributed by atoms with E-state index in [1.54, 1.807) is 31.2 Å². The van der Waals surface area contributed by atoms with Crippen molar-refractivity contribution in [3.63, 3.8) is 0 Å². The van der Waals surface area contributed by atoms with Gasteiger partial charge in [0.1, 0.15) is 6.04 Å². The van der Waals surface area contributed by atoms with Gasteiger partial charge in [-0.1, -0.05) is 37.3 Å². The summed E-state index contributed by atoms with van der Waals surface area (Å²) in [4.78, 5) is 11.2. The van der Waals surface area contributed by atoms with Gasteiger partial charge in [0, 0.05) is 13.7 Å². The molecule has 0 saturated carbocycles. The minimum atomic E-state index is -3.68. The van der Waals surface area contributed by atoms with Crippen LogP contribution in [0.25, 0.3) is 0 Å². The standard InChI is InChI=1S/C14H21NO5S/c1-11(9-20-2)10-21(18,19)15-13(14(16)17)8-12-6-4-3-5-7-12/h3-7,11,13,15H,8-10H2,1-2H3,(H,16,17)/t11?,13-/m0/s1. The molecule has 2 N–H and O–H groups in total. The molecule has 21 heavy (non-hydrogen) atoms. The molecule has 0 amide bonds. The van der Waals surface area contributed by atoms with Crippen LogP contribution in [-0.2, 0) is 26.0 Å². The van der Waals surface area contributed by atoms with Gasteiger partial charge in [-0.25, -0.2) is 13.1 Å². The zero-order valence-corrected chi connectivity index (χ0v) is 13.0. The van der Waals surface area contributed by atoms with Crippen LogP contribution in [0, 0.1) is 5.92 Å². The van der Waals surface area contributed by atoms with Gasteiger partial charge >= 0.3 is 5.97 Å². The molecule has 0 saturated heterocycles. The van der Waals surface area contributed by atoms with Gasteiger partial charge in [-0.3, -0.25) is 4.79 Å². The molecule has 0 radical (unpaired) electrons. The van der Waals surface area contributed by atoms with E-state index < -0.39 is 22.0 Å². The minimum absolute atomic E-state index is 0.105. The van der Waals surface area contributed by atoms with E-state index in [0.29, 0.717) is 6.61 Å². The van der Waals surface area contributed by atoms with Gasteiger partial charge in [-0.05, 0) is 17.9 Å². The molecule has 0 aromatic heterocycles. The summed E-state index contributed by atoms with van der Waals surface area (Å²) in [5.74, 6) is -1.57. The molecule has 7 heteroatoms. The number of ether oxygens (including phenoxy) is 1. The average molecular weight is 315 g/mol. The zero-order valence-electron chi connectivity index (χ0n) is 12.2. The number of rotatable bonds is 9. The predicted molar refractivity (Wildman–Crippen MR) is 79.5 cm³/mol. The molecule has 0 aliphatic rings. The van der Waals surface area contributed by atoms with Crippen molar-refractivity contribution in [2.75, 3.05) is 19.5 Å². The second-order valence-electron chi connectivity index (χ2n) is 5.04. The molecule has 118 valence electrons. The summed E-state index contributed by atoms with van der Waals surface area (Å²) < 4.78 is 31.1. The summed E-state index contributed by atoms with van der Waals surface area (Å²) >= 11 is 0. The lowest BCUT2D eigenvalue weighted by atomic mass is 10.1. The summed E-state index contributed by atoms with van der Waals surface area (Å²) in [5, 5.41) is 9.18. The number of carbonyl (C=O) groups is 1. The number of sulfonamides is 1. The molecule has 0 aliphatic heterocycles. The van der Waals surface area contributed by atoms with Crippen LogP contribution < -0.4 is 4.72 Å². The fourth-order valence-electron chi connectivity index (χ4n) is 2.00. The van der Waals surface area contributed by atoms with Gasteiger partial charge in [0.2, 0.25) is 10.0 Å². The Labute approximate surface area is 125 Å². The van der Waals surface area contributed by atoms with E-state index in [2.05, 4.69) is 4.72 Å². The Hall–Kier alpha value is -1.44. The molecule has 0 aliphatic carbocycles. The van der Waals surface area contributed by atoms with E-state index in [4.69, 9.17) is 4.74 Å². The highest BCUT2D eigenvalue weighted by Crippen LogP contribution is 2.07. The number of methoxy groups -OCH3 is 1. The lowest BCUT2D eigenvalue weighted by molar-refractivity contribution is -0.138. The van der Waals surface area contributed by atoms with E-state index >= 15 is 0 Å². The maximum Gasteiger partial charge on any atom is 0.322 e. The number of hydrogen-bond acceptors (Lipinski definition) is 4. The summed E-state index contributed by atoms with van der Waals surface area (Å²) in [5.41, 5.74) is 0.762. The zero-order chi connectivity index (χ0) is 15.9. The van der Waals surface area contributed by atoms with Crippen molar-refractivity contribution in [1.29, 1.82) is 0 Å². The second kappa shape index (κ2) is 8.11. The Morgan fingerprint density at radius 2 is 1.95 bits per heavy atom. The van der Waals surface area contributed by atoms with Crippen LogP contribution in [0.1, 0.15) is 12.5 Å². The minimum Gasteiger partial charge on any atom is -0.480 e. The number of aliphatic carboxylic acids is 1. The van der Waals surface area contributed by atoms with E-state index in [-0.39, 0.29) is 18.1 Å². The molecule has 1 aromatic carbocycles. The smallest absolute Gasteiger partial charge is 0.322 e. The first kappa shape index (κ1) is 17.6. The Balaban J connectivity index is 2.72. The van der Waals surface area contributed by atoms with E-state index in [9.17, 15) is 18.3 Å². The van der Waals surface area contributed by atoms with Gasteiger partial charge in [0.25, 0.3) is 0 Å². The molecule has 0 fully saturated rings. The molecule has 1 rings (SSSR count). The number of benzene rings is 1. The first-order chi connectivity index (χ1) is 9.84. The van der Waals surface area contributed by atoms with E-state index in [1.807, 2.05) is 6.07 Å². The first-order valence-corrected chi connectivity index (χ1v) is 8.25. The van der Waals surface area contributed by atoms with Gasteiger partial charge in [0.15, 0.2) is 0 Å². The van der Waals surface area contributed by atoms with Gasteiger partial charge in [0.05, 0.1) is 5.75 Å². The molecule has 6 nitrogen and oxygen atoms in total. The van der Waals surface area contributed by atoms with Gasteiger partial charge in [-0.2, -0.15) is 0 Å². The topological polar surface area (TPSA) is 92.7 Å². The van der Waals surface area contributed by atoms with Gasteiger partial charge in [-0.15, -0.1) is 0 Å². The third-order valence-corrected chi connectivity index (χ3v) is 4.51. The van der Waals surface area contributed by atoms with Crippen molar-refractivity contribution in [3.8, 4) is 0 Å².